The van der Waals surface area contributed by atoms with E-state index in [-0.39, 0.29) is 39.3 Å². The molecule has 1 aliphatic rings. The van der Waals surface area contributed by atoms with E-state index in [1.165, 1.54) is 4.68 Å². The molecule has 4 N–H and O–H groups in total. The Morgan fingerprint density at radius 1 is 1.40 bits per heavy atom. The minimum Gasteiger partial charge on any atom is -0.477 e. The minimum absolute atomic E-state index is 0. The van der Waals surface area contributed by atoms with Crippen LogP contribution in [0.4, 0.5) is 11.5 Å². The lowest BCUT2D eigenvalue weighted by molar-refractivity contribution is 0.0698. The van der Waals surface area contributed by atoms with E-state index in [1.807, 2.05) is 0 Å². The Balaban J connectivity index is 0.00000147. The van der Waals surface area contributed by atoms with Crippen molar-refractivity contribution in [3.05, 3.63) is 26.9 Å². The maximum Gasteiger partial charge on any atom is 0.341 e. The van der Waals surface area contributed by atoms with E-state index in [4.69, 9.17) is 10.5 Å². The molecular formula is C8H6ClN7O3S. The quantitative estimate of drug-likeness (QED) is 0.547. The highest BCUT2D eigenvalue weighted by Crippen LogP contribution is 2.28. The monoisotopic (exact) mass is 315 g/mol. The van der Waals surface area contributed by atoms with Crippen LogP contribution in [0.1, 0.15) is 10.4 Å². The molecule has 0 unspecified atom stereocenters. The lowest BCUT2D eigenvalue weighted by Gasteiger charge is -2.18. The van der Waals surface area contributed by atoms with Gasteiger partial charge in [0.05, 0.1) is 6.20 Å². The normalized spacial score (nSPS) is 11.2. The molecule has 0 atom stereocenters. The number of carbonyl (C=O) groups is 1. The summed E-state index contributed by atoms with van der Waals surface area (Å²) < 4.78 is 1.22. The lowest BCUT2D eigenvalue weighted by Crippen LogP contribution is -2.26. The number of nitrogens with zero attached hydrogens (tertiary/aromatic N) is 4. The molecule has 10 nitrogen and oxygen atoms in total. The van der Waals surface area contributed by atoms with E-state index in [2.05, 4.69) is 26.1 Å². The van der Waals surface area contributed by atoms with Crippen molar-refractivity contribution < 1.29 is 9.90 Å². The van der Waals surface area contributed by atoms with Gasteiger partial charge in [0.15, 0.2) is 16.5 Å². The van der Waals surface area contributed by atoms with Crippen molar-refractivity contribution in [1.82, 2.24) is 20.0 Å². The molecule has 3 heterocycles. The zero-order valence-electron chi connectivity index (χ0n) is 9.45. The predicted octanol–water partition coefficient (Wildman–Crippen LogP) is -0.564. The van der Waals surface area contributed by atoms with Crippen molar-refractivity contribution >= 4 is 41.2 Å². The molecule has 104 valence electrons. The average Bonchev–Trinajstić information content (AvgIpc) is 2.74. The first kappa shape index (κ1) is 13.9. The van der Waals surface area contributed by atoms with E-state index >= 15 is 0 Å². The van der Waals surface area contributed by atoms with E-state index in [0.29, 0.717) is 0 Å². The average molecular weight is 316 g/mol. The summed E-state index contributed by atoms with van der Waals surface area (Å²) in [6.45, 7) is 0. The van der Waals surface area contributed by atoms with Crippen LogP contribution >= 0.6 is 23.7 Å². The van der Waals surface area contributed by atoms with Gasteiger partial charge in [-0.3, -0.25) is 21.1 Å². The number of hydrogen-bond acceptors (Lipinski definition) is 9. The SMILES string of the molecule is Cl.N=c1nnc(=O)c2c(s1)-n1ncc(C(=O)O)c1NN2. The molecule has 0 aromatic carbocycles. The number of carboxylic acids is 1. The van der Waals surface area contributed by atoms with Gasteiger partial charge in [-0.05, 0) is 0 Å². The van der Waals surface area contributed by atoms with Crippen LogP contribution in [0.2, 0.25) is 0 Å². The van der Waals surface area contributed by atoms with Crippen molar-refractivity contribution in [2.24, 2.45) is 0 Å². The Kier molecular flexibility index (Phi) is 3.38. The highest BCUT2D eigenvalue weighted by Gasteiger charge is 2.25. The third-order valence-corrected chi connectivity index (χ3v) is 3.20. The summed E-state index contributed by atoms with van der Waals surface area (Å²) in [4.78, 5) is 22.5. The molecule has 0 fully saturated rings. The number of nitrogens with one attached hydrogen (secondary N) is 3. The number of fused-ring (bicyclic) bond motifs is 3. The Morgan fingerprint density at radius 2 is 2.15 bits per heavy atom. The molecule has 0 bridgehead atoms. The van der Waals surface area contributed by atoms with Gasteiger partial charge in [-0.15, -0.1) is 22.6 Å². The van der Waals surface area contributed by atoms with Crippen LogP contribution in [0.25, 0.3) is 5.00 Å². The third-order valence-electron chi connectivity index (χ3n) is 2.35. The smallest absolute Gasteiger partial charge is 0.341 e. The first-order valence-electron chi connectivity index (χ1n) is 4.88. The molecule has 0 amide bonds. The highest BCUT2D eigenvalue weighted by molar-refractivity contribution is 7.11. The number of aromatic nitrogens is 4. The van der Waals surface area contributed by atoms with Crippen LogP contribution in [-0.4, -0.2) is 31.1 Å². The van der Waals surface area contributed by atoms with E-state index < -0.39 is 11.5 Å². The van der Waals surface area contributed by atoms with Gasteiger partial charge in [-0.25, -0.2) is 9.48 Å². The first-order chi connectivity index (χ1) is 9.08. The first-order valence-corrected chi connectivity index (χ1v) is 5.70. The summed E-state index contributed by atoms with van der Waals surface area (Å²) in [5, 5.41) is 27.4. The van der Waals surface area contributed by atoms with Crippen LogP contribution in [0.3, 0.4) is 0 Å². The van der Waals surface area contributed by atoms with Crippen molar-refractivity contribution in [3.8, 4) is 5.00 Å². The number of rotatable bonds is 1. The maximum absolute atomic E-state index is 11.7. The Morgan fingerprint density at radius 3 is 2.85 bits per heavy atom. The molecule has 0 saturated carbocycles. The second-order valence-electron chi connectivity index (χ2n) is 3.47. The third kappa shape index (κ3) is 1.98. The van der Waals surface area contributed by atoms with Crippen LogP contribution in [0.15, 0.2) is 11.0 Å². The van der Waals surface area contributed by atoms with Crippen LogP contribution < -0.4 is 21.2 Å². The summed E-state index contributed by atoms with van der Waals surface area (Å²) in [5.41, 5.74) is 4.45. The van der Waals surface area contributed by atoms with Crippen LogP contribution in [0, 0.1) is 5.41 Å². The topological polar surface area (TPSA) is 146 Å². The number of carboxylic acid groups (broad SMARTS) is 1. The van der Waals surface area contributed by atoms with Crippen molar-refractivity contribution in [1.29, 1.82) is 5.41 Å². The molecule has 3 rings (SSSR count). The molecule has 2 aromatic heterocycles. The van der Waals surface area contributed by atoms with Crippen molar-refractivity contribution in [2.75, 3.05) is 10.9 Å². The second kappa shape index (κ2) is 4.86. The Bertz CT molecular complexity index is 816. The van der Waals surface area contributed by atoms with Gasteiger partial charge >= 0.3 is 11.5 Å². The number of hydrogen-bond donors (Lipinski definition) is 4. The summed E-state index contributed by atoms with van der Waals surface area (Å²) >= 11 is 0.849. The van der Waals surface area contributed by atoms with Gasteiger partial charge in [0.25, 0.3) is 0 Å². The zero-order chi connectivity index (χ0) is 13.6. The standard InChI is InChI=1S/C8H5N7O3S.ClH/c9-8-14-13-5(16)3-6(19-8)15-4(12-11-3)2(1-10-15)7(17)18;/h1,9,11-12H,(H,17,18);1H. The molecule has 20 heavy (non-hydrogen) atoms. The van der Waals surface area contributed by atoms with Gasteiger partial charge in [-0.2, -0.15) is 5.10 Å². The second-order valence-corrected chi connectivity index (χ2v) is 4.44. The van der Waals surface area contributed by atoms with E-state index in [9.17, 15) is 9.59 Å². The molecule has 12 heteroatoms. The van der Waals surface area contributed by atoms with Gasteiger partial charge in [0.1, 0.15) is 5.56 Å². The minimum atomic E-state index is -1.16. The summed E-state index contributed by atoms with van der Waals surface area (Å²) in [7, 11) is 0. The summed E-state index contributed by atoms with van der Waals surface area (Å²) in [6, 6.07) is 0. The highest BCUT2D eigenvalue weighted by atomic mass is 35.5. The molecule has 1 aliphatic heterocycles. The van der Waals surface area contributed by atoms with Gasteiger partial charge < -0.3 is 5.11 Å². The molecule has 0 spiro atoms. The largest absolute Gasteiger partial charge is 0.477 e. The molecule has 0 saturated heterocycles. The number of aromatic carboxylic acids is 1. The molecular weight excluding hydrogens is 310 g/mol. The van der Waals surface area contributed by atoms with Crippen molar-refractivity contribution in [2.45, 2.75) is 0 Å². The fraction of sp³-hybridized carbons (Fsp3) is 0. The number of hydrazine groups is 1. The number of anilines is 2. The fourth-order valence-corrected chi connectivity index (χ4v) is 2.28. The van der Waals surface area contributed by atoms with Crippen LogP contribution in [0.5, 0.6) is 0 Å². The summed E-state index contributed by atoms with van der Waals surface area (Å²) in [6.07, 6.45) is 1.15. The molecule has 2 aromatic rings. The number of halogens is 1. The van der Waals surface area contributed by atoms with Gasteiger partial charge in [0, 0.05) is 0 Å². The Hall–Kier alpha value is -2.53. The molecule has 0 aliphatic carbocycles. The summed E-state index contributed by atoms with van der Waals surface area (Å²) in [5.74, 6) is -0.991. The van der Waals surface area contributed by atoms with E-state index in [0.717, 1.165) is 17.5 Å². The lowest BCUT2D eigenvalue weighted by atomic mass is 10.3. The predicted molar refractivity (Wildman–Crippen MR) is 70.6 cm³/mol. The molecule has 0 radical (unpaired) electrons. The Labute approximate surface area is 120 Å². The fourth-order valence-electron chi connectivity index (χ4n) is 1.55. The van der Waals surface area contributed by atoms with Gasteiger partial charge in [0.2, 0.25) is 4.80 Å². The maximum atomic E-state index is 11.7. The van der Waals surface area contributed by atoms with Crippen molar-refractivity contribution in [3.63, 3.8) is 0 Å². The van der Waals surface area contributed by atoms with Crippen LogP contribution in [-0.2, 0) is 0 Å². The van der Waals surface area contributed by atoms with E-state index in [1.54, 1.807) is 0 Å². The zero-order valence-corrected chi connectivity index (χ0v) is 11.1. The van der Waals surface area contributed by atoms with Gasteiger partial charge in [-0.1, -0.05) is 11.3 Å².